The van der Waals surface area contributed by atoms with Gasteiger partial charge in [0.2, 0.25) is 5.91 Å². The Kier molecular flexibility index (Phi) is 4.84. The van der Waals surface area contributed by atoms with Crippen molar-refractivity contribution in [1.29, 1.82) is 0 Å². The van der Waals surface area contributed by atoms with E-state index in [2.05, 4.69) is 10.3 Å². The smallest absolute Gasteiger partial charge is 0.227 e. The van der Waals surface area contributed by atoms with E-state index in [1.54, 1.807) is 7.11 Å². The van der Waals surface area contributed by atoms with Crippen LogP contribution >= 0.6 is 0 Å². The maximum absolute atomic E-state index is 12.7. The number of benzene rings is 1. The zero-order valence-corrected chi connectivity index (χ0v) is 15.1. The molecule has 136 valence electrons. The molecule has 2 aliphatic heterocycles. The number of nitrogens with zero attached hydrogens (tertiary/aromatic N) is 3. The van der Waals surface area contributed by atoms with E-state index in [1.165, 1.54) is 6.42 Å². The Balaban J connectivity index is 1.41. The molecule has 1 aromatic carbocycles. The van der Waals surface area contributed by atoms with Gasteiger partial charge in [-0.25, -0.2) is 9.97 Å². The first-order valence-corrected chi connectivity index (χ1v) is 9.21. The van der Waals surface area contributed by atoms with Gasteiger partial charge in [0, 0.05) is 31.3 Å². The van der Waals surface area contributed by atoms with E-state index in [0.29, 0.717) is 13.0 Å². The summed E-state index contributed by atoms with van der Waals surface area (Å²) in [4.78, 5) is 23.9. The van der Waals surface area contributed by atoms with Gasteiger partial charge in [-0.1, -0.05) is 12.1 Å². The monoisotopic (exact) mass is 352 g/mol. The van der Waals surface area contributed by atoms with Crippen molar-refractivity contribution in [3.8, 4) is 5.75 Å². The van der Waals surface area contributed by atoms with Gasteiger partial charge in [0.05, 0.1) is 25.3 Å². The molecule has 0 bridgehead atoms. The third-order valence-electron chi connectivity index (χ3n) is 5.19. The molecule has 26 heavy (non-hydrogen) atoms. The Morgan fingerprint density at radius 1 is 1.35 bits per heavy atom. The Hall–Kier alpha value is -2.47. The van der Waals surface area contributed by atoms with Gasteiger partial charge in [-0.05, 0) is 37.1 Å². The van der Waals surface area contributed by atoms with Crippen LogP contribution in [0.15, 0.2) is 30.5 Å². The molecule has 0 aliphatic carbocycles. The fourth-order valence-corrected chi connectivity index (χ4v) is 3.65. The van der Waals surface area contributed by atoms with Gasteiger partial charge in [0.25, 0.3) is 0 Å². The summed E-state index contributed by atoms with van der Waals surface area (Å²) in [5.41, 5.74) is 3.17. The van der Waals surface area contributed by atoms with Gasteiger partial charge in [-0.15, -0.1) is 0 Å². The summed E-state index contributed by atoms with van der Waals surface area (Å²) in [6, 6.07) is 7.95. The predicted molar refractivity (Wildman–Crippen MR) is 97.8 cm³/mol. The van der Waals surface area contributed by atoms with Crippen molar-refractivity contribution in [3.63, 3.8) is 0 Å². The molecule has 2 aromatic rings. The number of carbonyl (C=O) groups excluding carboxylic acids is 1. The summed E-state index contributed by atoms with van der Waals surface area (Å²) in [6.45, 7) is 2.36. The van der Waals surface area contributed by atoms with Crippen molar-refractivity contribution in [2.45, 2.75) is 38.3 Å². The summed E-state index contributed by atoms with van der Waals surface area (Å²) in [7, 11) is 1.64. The van der Waals surface area contributed by atoms with Crippen LogP contribution in [0.1, 0.15) is 41.5 Å². The standard InChI is InChI=1S/C20H24N4O2/c1-26-16-6-4-14(5-7-16)11-19(25)24-10-8-17-15(13-24)12-22-20(23-17)18-3-2-9-21-18/h4-7,12,18,21H,2-3,8-11,13H2,1H3/t18-/m0/s1. The number of amides is 1. The summed E-state index contributed by atoms with van der Waals surface area (Å²) in [6.07, 6.45) is 5.39. The highest BCUT2D eigenvalue weighted by Crippen LogP contribution is 2.23. The molecule has 1 atom stereocenters. The van der Waals surface area contributed by atoms with Gasteiger partial charge in [0.1, 0.15) is 11.6 Å². The van der Waals surface area contributed by atoms with E-state index in [9.17, 15) is 4.79 Å². The van der Waals surface area contributed by atoms with E-state index in [-0.39, 0.29) is 11.9 Å². The van der Waals surface area contributed by atoms with Crippen molar-refractivity contribution in [2.75, 3.05) is 20.2 Å². The van der Waals surface area contributed by atoms with Gasteiger partial charge in [-0.2, -0.15) is 0 Å². The Morgan fingerprint density at radius 3 is 2.92 bits per heavy atom. The average molecular weight is 352 g/mol. The van der Waals surface area contributed by atoms with Crippen LogP contribution in [-0.2, 0) is 24.2 Å². The van der Waals surface area contributed by atoms with E-state index in [0.717, 1.165) is 54.3 Å². The number of hydrogen-bond acceptors (Lipinski definition) is 5. The lowest BCUT2D eigenvalue weighted by Gasteiger charge is -2.28. The Labute approximate surface area is 153 Å². The van der Waals surface area contributed by atoms with E-state index >= 15 is 0 Å². The Morgan fingerprint density at radius 2 is 2.19 bits per heavy atom. The second-order valence-corrected chi connectivity index (χ2v) is 6.94. The second-order valence-electron chi connectivity index (χ2n) is 6.94. The summed E-state index contributed by atoms with van der Waals surface area (Å²) < 4.78 is 5.16. The van der Waals surface area contributed by atoms with Crippen molar-refractivity contribution in [1.82, 2.24) is 20.2 Å². The van der Waals surface area contributed by atoms with Gasteiger partial charge >= 0.3 is 0 Å². The van der Waals surface area contributed by atoms with Crippen molar-refractivity contribution in [2.24, 2.45) is 0 Å². The number of aromatic nitrogens is 2. The van der Waals surface area contributed by atoms with Crippen LogP contribution in [0.2, 0.25) is 0 Å². The molecule has 1 saturated heterocycles. The molecule has 1 aromatic heterocycles. The van der Waals surface area contributed by atoms with Crippen molar-refractivity contribution >= 4 is 5.91 Å². The first-order chi connectivity index (χ1) is 12.7. The summed E-state index contributed by atoms with van der Waals surface area (Å²) >= 11 is 0. The lowest BCUT2D eigenvalue weighted by atomic mass is 10.0. The molecule has 0 unspecified atom stereocenters. The molecule has 0 spiro atoms. The van der Waals surface area contributed by atoms with Crippen LogP contribution in [0.3, 0.4) is 0 Å². The van der Waals surface area contributed by atoms with Crippen LogP contribution < -0.4 is 10.1 Å². The van der Waals surface area contributed by atoms with E-state index in [4.69, 9.17) is 9.72 Å². The molecule has 2 aliphatic rings. The normalized spacial score (nSPS) is 19.3. The number of fused-ring (bicyclic) bond motifs is 1. The van der Waals surface area contributed by atoms with Crippen LogP contribution in [-0.4, -0.2) is 41.0 Å². The SMILES string of the molecule is COc1ccc(CC(=O)N2CCc3nc([C@@H]4CCCN4)ncc3C2)cc1. The number of ether oxygens (including phenoxy) is 1. The van der Waals surface area contributed by atoms with E-state index < -0.39 is 0 Å². The first-order valence-electron chi connectivity index (χ1n) is 9.21. The highest BCUT2D eigenvalue weighted by atomic mass is 16.5. The molecule has 1 fully saturated rings. The van der Waals surface area contributed by atoms with Crippen LogP contribution in [0, 0.1) is 0 Å². The first kappa shape index (κ1) is 17.0. The third kappa shape index (κ3) is 3.55. The molecule has 3 heterocycles. The molecule has 4 rings (SSSR count). The van der Waals surface area contributed by atoms with Crippen molar-refractivity contribution < 1.29 is 9.53 Å². The fraction of sp³-hybridized carbons (Fsp3) is 0.450. The maximum atomic E-state index is 12.7. The minimum absolute atomic E-state index is 0.141. The third-order valence-corrected chi connectivity index (χ3v) is 5.19. The quantitative estimate of drug-likeness (QED) is 0.912. The zero-order chi connectivity index (χ0) is 17.9. The molecule has 1 N–H and O–H groups in total. The molecule has 1 amide bonds. The van der Waals surface area contributed by atoms with Crippen LogP contribution in [0.25, 0.3) is 0 Å². The number of rotatable bonds is 4. The maximum Gasteiger partial charge on any atom is 0.227 e. The number of carbonyl (C=O) groups is 1. The van der Waals surface area contributed by atoms with Crippen LogP contribution in [0.5, 0.6) is 5.75 Å². The topological polar surface area (TPSA) is 67.3 Å². The Bertz CT molecular complexity index is 785. The highest BCUT2D eigenvalue weighted by Gasteiger charge is 2.25. The molecule has 0 saturated carbocycles. The second kappa shape index (κ2) is 7.41. The predicted octanol–water partition coefficient (Wildman–Crippen LogP) is 2.04. The summed E-state index contributed by atoms with van der Waals surface area (Å²) in [5.74, 6) is 1.85. The lowest BCUT2D eigenvalue weighted by molar-refractivity contribution is -0.131. The largest absolute Gasteiger partial charge is 0.497 e. The molecule has 6 heteroatoms. The number of hydrogen-bond donors (Lipinski definition) is 1. The minimum atomic E-state index is 0.141. The van der Waals surface area contributed by atoms with Crippen LogP contribution in [0.4, 0.5) is 0 Å². The molecule has 0 radical (unpaired) electrons. The van der Waals surface area contributed by atoms with Gasteiger partial charge in [-0.3, -0.25) is 4.79 Å². The minimum Gasteiger partial charge on any atom is -0.497 e. The van der Waals surface area contributed by atoms with Crippen molar-refractivity contribution in [3.05, 3.63) is 53.1 Å². The van der Waals surface area contributed by atoms with E-state index in [1.807, 2.05) is 35.4 Å². The van der Waals surface area contributed by atoms with Gasteiger partial charge < -0.3 is 15.0 Å². The molecular formula is C20H24N4O2. The number of nitrogens with one attached hydrogen (secondary N) is 1. The lowest BCUT2D eigenvalue weighted by Crippen LogP contribution is -2.37. The molecule has 6 nitrogen and oxygen atoms in total. The molecular weight excluding hydrogens is 328 g/mol. The summed E-state index contributed by atoms with van der Waals surface area (Å²) in [5, 5.41) is 3.44. The number of methoxy groups -OCH3 is 1. The van der Waals surface area contributed by atoms with Gasteiger partial charge in [0.15, 0.2) is 0 Å². The zero-order valence-electron chi connectivity index (χ0n) is 15.1. The average Bonchev–Trinajstić information content (AvgIpc) is 3.22. The highest BCUT2D eigenvalue weighted by molar-refractivity contribution is 5.79. The fourth-order valence-electron chi connectivity index (χ4n) is 3.65.